The molecule has 38 heavy (non-hydrogen) atoms. The smallest absolute Gasteiger partial charge is 0.302 e. The molecule has 214 valence electrons. The molecule has 5 aliphatic rings. The van der Waals surface area contributed by atoms with Crippen LogP contribution in [-0.2, 0) is 19.1 Å². The Hall–Kier alpha value is -1.32. The van der Waals surface area contributed by atoms with Crippen molar-refractivity contribution in [2.75, 3.05) is 6.61 Å². The maximum absolute atomic E-state index is 11.9. The molecular weight excluding hydrogens is 472 g/mol. The molecule has 0 unspecified atom stereocenters. The van der Waals surface area contributed by atoms with Crippen molar-refractivity contribution in [2.45, 2.75) is 126 Å². The summed E-state index contributed by atoms with van der Waals surface area (Å²) in [6, 6.07) is 0. The summed E-state index contributed by atoms with van der Waals surface area (Å²) in [6.07, 6.45) is 12.0. The minimum Gasteiger partial charge on any atom is -0.465 e. The van der Waals surface area contributed by atoms with Crippen molar-refractivity contribution in [1.29, 1.82) is 0 Å². The first-order valence-corrected chi connectivity index (χ1v) is 15.6. The molecule has 0 amide bonds. The molecule has 0 spiro atoms. The lowest BCUT2D eigenvalue weighted by atomic mass is 9.32. The first-order chi connectivity index (χ1) is 17.6. The molecule has 5 saturated carbocycles. The van der Waals surface area contributed by atoms with Gasteiger partial charge in [-0.1, -0.05) is 46.8 Å². The number of ether oxygens (including phenoxy) is 2. The number of carbonyl (C=O) groups excluding carboxylic acids is 2. The van der Waals surface area contributed by atoms with Crippen LogP contribution < -0.4 is 0 Å². The number of rotatable bonds is 4. The second-order valence-corrected chi connectivity index (χ2v) is 15.8. The summed E-state index contributed by atoms with van der Waals surface area (Å²) >= 11 is 0. The maximum atomic E-state index is 11.9. The molecule has 4 heteroatoms. The number of fused-ring (bicyclic) bond motifs is 7. The fraction of sp³-hybridized carbons (Fsp3) is 0.882. The van der Waals surface area contributed by atoms with Crippen LogP contribution in [0, 0.1) is 56.7 Å². The van der Waals surface area contributed by atoms with Crippen LogP contribution in [0.3, 0.4) is 0 Å². The third kappa shape index (κ3) is 3.80. The summed E-state index contributed by atoms with van der Waals surface area (Å²) in [6.45, 7) is 23.1. The van der Waals surface area contributed by atoms with Gasteiger partial charge in [-0.15, -0.1) is 0 Å². The lowest BCUT2D eigenvalue weighted by Gasteiger charge is -2.73. The lowest BCUT2D eigenvalue weighted by Crippen LogP contribution is -2.67. The topological polar surface area (TPSA) is 52.6 Å². The summed E-state index contributed by atoms with van der Waals surface area (Å²) in [5.74, 6) is 2.76. The Morgan fingerprint density at radius 1 is 0.763 bits per heavy atom. The van der Waals surface area contributed by atoms with Crippen molar-refractivity contribution >= 4 is 11.9 Å². The van der Waals surface area contributed by atoms with Gasteiger partial charge < -0.3 is 9.47 Å². The van der Waals surface area contributed by atoms with Crippen molar-refractivity contribution in [2.24, 2.45) is 56.7 Å². The molecule has 5 rings (SSSR count). The monoisotopic (exact) mass is 526 g/mol. The number of hydrogen-bond acceptors (Lipinski definition) is 4. The highest BCUT2D eigenvalue weighted by Crippen LogP contribution is 2.77. The van der Waals surface area contributed by atoms with E-state index in [4.69, 9.17) is 9.47 Å². The summed E-state index contributed by atoms with van der Waals surface area (Å²) in [5.41, 5.74) is 2.30. The molecule has 4 nitrogen and oxygen atoms in total. The molecule has 0 aliphatic heterocycles. The van der Waals surface area contributed by atoms with Crippen LogP contribution >= 0.6 is 0 Å². The zero-order chi connectivity index (χ0) is 27.9. The minimum absolute atomic E-state index is 0.00000109. The third-order valence-electron chi connectivity index (χ3n) is 14.0. The lowest BCUT2D eigenvalue weighted by molar-refractivity contribution is -0.252. The fourth-order valence-electron chi connectivity index (χ4n) is 12.2. The Kier molecular flexibility index (Phi) is 6.76. The van der Waals surface area contributed by atoms with Gasteiger partial charge in [0.25, 0.3) is 0 Å². The molecule has 0 aromatic rings. The van der Waals surface area contributed by atoms with E-state index in [1.807, 2.05) is 0 Å². The van der Waals surface area contributed by atoms with Crippen molar-refractivity contribution in [3.63, 3.8) is 0 Å². The van der Waals surface area contributed by atoms with Crippen molar-refractivity contribution in [1.82, 2.24) is 0 Å². The second-order valence-electron chi connectivity index (χ2n) is 15.8. The maximum Gasteiger partial charge on any atom is 0.302 e. The molecule has 5 fully saturated rings. The van der Waals surface area contributed by atoms with Crippen LogP contribution in [0.4, 0.5) is 0 Å². The SMILES string of the molecule is C=C(C)[C@@H]1CC[C@@]2(COC(C)=O)CC[C@]3(C)[C@@H](CC[C@@H]4[C@@]5(C)CC[C@H](OC(C)=O)C(C)(C)[C@@H]5CC[C@]43C)[C@@H]12. The van der Waals surface area contributed by atoms with Gasteiger partial charge in [0.1, 0.15) is 6.10 Å². The Balaban J connectivity index is 1.49. The molecule has 0 bridgehead atoms. The van der Waals surface area contributed by atoms with Gasteiger partial charge in [-0.25, -0.2) is 0 Å². The average Bonchev–Trinajstić information content (AvgIpc) is 3.20. The van der Waals surface area contributed by atoms with Gasteiger partial charge in [0.05, 0.1) is 6.61 Å². The number of allylic oxidation sites excluding steroid dienone is 1. The van der Waals surface area contributed by atoms with E-state index >= 15 is 0 Å². The molecule has 0 N–H and O–H groups in total. The van der Waals surface area contributed by atoms with Gasteiger partial charge in [0.2, 0.25) is 0 Å². The Morgan fingerprint density at radius 3 is 2.11 bits per heavy atom. The predicted octanol–water partition coefficient (Wildman–Crippen LogP) is 8.14. The van der Waals surface area contributed by atoms with E-state index in [0.717, 1.165) is 12.8 Å². The second kappa shape index (κ2) is 9.10. The Bertz CT molecular complexity index is 998. The number of esters is 2. The highest BCUT2D eigenvalue weighted by molar-refractivity contribution is 5.66. The molecule has 5 aliphatic carbocycles. The van der Waals surface area contributed by atoms with E-state index in [2.05, 4.69) is 48.1 Å². The highest BCUT2D eigenvalue weighted by Gasteiger charge is 2.71. The van der Waals surface area contributed by atoms with Gasteiger partial charge in [-0.05, 0) is 117 Å². The predicted molar refractivity (Wildman–Crippen MR) is 151 cm³/mol. The van der Waals surface area contributed by atoms with E-state index in [-0.39, 0.29) is 39.7 Å². The summed E-state index contributed by atoms with van der Waals surface area (Å²) in [7, 11) is 0. The van der Waals surface area contributed by atoms with Gasteiger partial charge in [-0.2, -0.15) is 0 Å². The van der Waals surface area contributed by atoms with Crippen molar-refractivity contribution < 1.29 is 19.1 Å². The standard InChI is InChI=1S/C34H54O4/c1-21(2)24-12-17-34(20-37-22(3)35)19-18-32(8)25(29(24)34)10-11-27-31(7)15-14-28(38-23(4)36)30(5,6)26(31)13-16-33(27,32)9/h24-29H,1,10-20H2,2-9H3/t24-,25-,26-,27+,28-,29+,31-,32+,33+,34-/m0/s1. The van der Waals surface area contributed by atoms with Crippen LogP contribution in [0.25, 0.3) is 0 Å². The zero-order valence-electron chi connectivity index (χ0n) is 25.6. The fourth-order valence-corrected chi connectivity index (χ4v) is 12.2. The Labute approximate surface area is 232 Å². The van der Waals surface area contributed by atoms with E-state index in [1.165, 1.54) is 56.9 Å². The molecular formula is C34H54O4. The molecule has 0 aromatic carbocycles. The van der Waals surface area contributed by atoms with Crippen LogP contribution in [-0.4, -0.2) is 24.6 Å². The van der Waals surface area contributed by atoms with Gasteiger partial charge in [-0.3, -0.25) is 9.59 Å². The van der Waals surface area contributed by atoms with E-state index in [1.54, 1.807) is 13.8 Å². The van der Waals surface area contributed by atoms with Gasteiger partial charge in [0.15, 0.2) is 0 Å². The highest BCUT2D eigenvalue weighted by atomic mass is 16.5. The van der Waals surface area contributed by atoms with E-state index < -0.39 is 0 Å². The van der Waals surface area contributed by atoms with Crippen LogP contribution in [0.5, 0.6) is 0 Å². The first kappa shape index (κ1) is 28.2. The first-order valence-electron chi connectivity index (χ1n) is 15.6. The van der Waals surface area contributed by atoms with Crippen molar-refractivity contribution in [3.05, 3.63) is 12.2 Å². The average molecular weight is 527 g/mol. The number of hydrogen-bond donors (Lipinski definition) is 0. The number of carbonyl (C=O) groups is 2. The third-order valence-corrected chi connectivity index (χ3v) is 14.0. The van der Waals surface area contributed by atoms with Crippen LogP contribution in [0.1, 0.15) is 120 Å². The van der Waals surface area contributed by atoms with Crippen LogP contribution in [0.15, 0.2) is 12.2 Å². The molecule has 10 atom stereocenters. The van der Waals surface area contributed by atoms with Gasteiger partial charge in [0, 0.05) is 24.7 Å². The van der Waals surface area contributed by atoms with Crippen molar-refractivity contribution in [3.8, 4) is 0 Å². The molecule has 0 aromatic heterocycles. The quantitative estimate of drug-likeness (QED) is 0.274. The zero-order valence-corrected chi connectivity index (χ0v) is 25.6. The summed E-state index contributed by atoms with van der Waals surface area (Å²) in [4.78, 5) is 23.8. The minimum atomic E-state index is -0.140. The van der Waals surface area contributed by atoms with Gasteiger partial charge >= 0.3 is 11.9 Å². The van der Waals surface area contributed by atoms with E-state index in [0.29, 0.717) is 41.6 Å². The summed E-state index contributed by atoms with van der Waals surface area (Å²) in [5, 5.41) is 0. The molecule has 0 heterocycles. The normalized spacial score (nSPS) is 49.1. The Morgan fingerprint density at radius 2 is 1.47 bits per heavy atom. The largest absolute Gasteiger partial charge is 0.465 e. The molecule has 0 radical (unpaired) electrons. The summed E-state index contributed by atoms with van der Waals surface area (Å²) < 4.78 is 11.7. The molecule has 0 saturated heterocycles. The van der Waals surface area contributed by atoms with E-state index in [9.17, 15) is 9.59 Å². The van der Waals surface area contributed by atoms with Crippen LogP contribution in [0.2, 0.25) is 0 Å².